The Morgan fingerprint density at radius 1 is 1.28 bits per heavy atom. The Hall–Kier alpha value is -1.41. The summed E-state index contributed by atoms with van der Waals surface area (Å²) in [6, 6.07) is 8.62. The molecule has 18 heavy (non-hydrogen) atoms. The van der Waals surface area contributed by atoms with Crippen molar-refractivity contribution in [2.45, 2.75) is 26.7 Å². The van der Waals surface area contributed by atoms with E-state index in [0.717, 1.165) is 19.5 Å². The molecule has 1 aromatic heterocycles. The SMILES string of the molecule is CCCNCC(C)Cc1cccc2cnccc12. The molecule has 1 atom stereocenters. The fraction of sp³-hybridized carbons (Fsp3) is 0.438. The van der Waals surface area contributed by atoms with Crippen molar-refractivity contribution in [3.05, 3.63) is 42.2 Å². The molecule has 0 bridgehead atoms. The quantitative estimate of drug-likeness (QED) is 0.785. The summed E-state index contributed by atoms with van der Waals surface area (Å²) in [5, 5.41) is 6.07. The van der Waals surface area contributed by atoms with Gasteiger partial charge in [-0.3, -0.25) is 4.98 Å². The van der Waals surface area contributed by atoms with E-state index in [2.05, 4.69) is 48.4 Å². The lowest BCUT2D eigenvalue weighted by Gasteiger charge is -2.14. The summed E-state index contributed by atoms with van der Waals surface area (Å²) in [5.41, 5.74) is 1.43. The normalized spacial score (nSPS) is 12.8. The van der Waals surface area contributed by atoms with Gasteiger partial charge >= 0.3 is 0 Å². The molecule has 1 unspecified atom stereocenters. The number of aromatic nitrogens is 1. The van der Waals surface area contributed by atoms with Crippen molar-refractivity contribution >= 4 is 10.8 Å². The van der Waals surface area contributed by atoms with Gasteiger partial charge in [-0.2, -0.15) is 0 Å². The molecular formula is C16H22N2. The van der Waals surface area contributed by atoms with Crippen LogP contribution in [0, 0.1) is 5.92 Å². The number of nitrogens with one attached hydrogen (secondary N) is 1. The van der Waals surface area contributed by atoms with E-state index in [0.29, 0.717) is 5.92 Å². The highest BCUT2D eigenvalue weighted by Crippen LogP contribution is 2.20. The van der Waals surface area contributed by atoms with Crippen molar-refractivity contribution < 1.29 is 0 Å². The molecule has 0 spiro atoms. The molecule has 2 rings (SSSR count). The largest absolute Gasteiger partial charge is 0.316 e. The Kier molecular flexibility index (Phi) is 4.71. The number of hydrogen-bond acceptors (Lipinski definition) is 2. The maximum atomic E-state index is 4.18. The van der Waals surface area contributed by atoms with Gasteiger partial charge in [0.15, 0.2) is 0 Å². The molecular weight excluding hydrogens is 220 g/mol. The van der Waals surface area contributed by atoms with E-state index in [-0.39, 0.29) is 0 Å². The molecule has 0 radical (unpaired) electrons. The lowest BCUT2D eigenvalue weighted by molar-refractivity contribution is 0.512. The predicted octanol–water partition coefficient (Wildman–Crippen LogP) is 3.41. The third-order valence-corrected chi connectivity index (χ3v) is 3.26. The second-order valence-corrected chi connectivity index (χ2v) is 5.03. The second kappa shape index (κ2) is 6.50. The number of pyridine rings is 1. The number of fused-ring (bicyclic) bond motifs is 1. The van der Waals surface area contributed by atoms with E-state index < -0.39 is 0 Å². The van der Waals surface area contributed by atoms with Crippen LogP contribution < -0.4 is 5.32 Å². The molecule has 0 aliphatic carbocycles. The molecule has 0 fully saturated rings. The Labute approximate surface area is 109 Å². The lowest BCUT2D eigenvalue weighted by Crippen LogP contribution is -2.23. The van der Waals surface area contributed by atoms with Crippen LogP contribution in [0.3, 0.4) is 0 Å². The van der Waals surface area contributed by atoms with Gasteiger partial charge in [0.25, 0.3) is 0 Å². The van der Waals surface area contributed by atoms with Crippen molar-refractivity contribution in [3.8, 4) is 0 Å². The van der Waals surface area contributed by atoms with E-state index in [1.807, 2.05) is 12.4 Å². The highest BCUT2D eigenvalue weighted by atomic mass is 14.8. The maximum Gasteiger partial charge on any atom is 0.0346 e. The Morgan fingerprint density at radius 2 is 2.17 bits per heavy atom. The molecule has 1 heterocycles. The van der Waals surface area contributed by atoms with Gasteiger partial charge in [-0.1, -0.05) is 32.0 Å². The summed E-state index contributed by atoms with van der Waals surface area (Å²) in [5.74, 6) is 0.662. The highest BCUT2D eigenvalue weighted by molar-refractivity contribution is 5.84. The predicted molar refractivity (Wildman–Crippen MR) is 77.8 cm³/mol. The van der Waals surface area contributed by atoms with Crippen LogP contribution in [-0.2, 0) is 6.42 Å². The summed E-state index contributed by atoms with van der Waals surface area (Å²) < 4.78 is 0. The van der Waals surface area contributed by atoms with E-state index in [9.17, 15) is 0 Å². The monoisotopic (exact) mass is 242 g/mol. The molecule has 0 amide bonds. The van der Waals surface area contributed by atoms with Crippen LogP contribution in [0.5, 0.6) is 0 Å². The second-order valence-electron chi connectivity index (χ2n) is 5.03. The Balaban J connectivity index is 2.07. The molecule has 2 aromatic rings. The zero-order valence-electron chi connectivity index (χ0n) is 11.3. The van der Waals surface area contributed by atoms with Gasteiger partial charge < -0.3 is 5.32 Å². The first-order valence-corrected chi connectivity index (χ1v) is 6.83. The van der Waals surface area contributed by atoms with Crippen LogP contribution in [0.15, 0.2) is 36.7 Å². The molecule has 2 heteroatoms. The first-order valence-electron chi connectivity index (χ1n) is 6.83. The molecule has 1 N–H and O–H groups in total. The smallest absolute Gasteiger partial charge is 0.0346 e. The summed E-state index contributed by atoms with van der Waals surface area (Å²) in [6.07, 6.45) is 6.15. The molecule has 2 nitrogen and oxygen atoms in total. The van der Waals surface area contributed by atoms with Gasteiger partial charge in [-0.25, -0.2) is 0 Å². The minimum Gasteiger partial charge on any atom is -0.316 e. The minimum absolute atomic E-state index is 0.662. The number of rotatable bonds is 6. The molecule has 0 aliphatic rings. The maximum absolute atomic E-state index is 4.18. The average Bonchev–Trinajstić information content (AvgIpc) is 2.39. The third-order valence-electron chi connectivity index (χ3n) is 3.26. The summed E-state index contributed by atoms with van der Waals surface area (Å²) in [6.45, 7) is 6.72. The highest BCUT2D eigenvalue weighted by Gasteiger charge is 2.06. The van der Waals surface area contributed by atoms with Crippen LogP contribution >= 0.6 is 0 Å². The van der Waals surface area contributed by atoms with Crippen LogP contribution in [0.1, 0.15) is 25.8 Å². The summed E-state index contributed by atoms with van der Waals surface area (Å²) in [4.78, 5) is 4.18. The van der Waals surface area contributed by atoms with Crippen molar-refractivity contribution in [2.75, 3.05) is 13.1 Å². The number of nitrogens with zero attached hydrogens (tertiary/aromatic N) is 1. The van der Waals surface area contributed by atoms with Gasteiger partial charge in [0.2, 0.25) is 0 Å². The number of hydrogen-bond donors (Lipinski definition) is 1. The topological polar surface area (TPSA) is 24.9 Å². The van der Waals surface area contributed by atoms with Gasteiger partial charge in [-0.05, 0) is 48.9 Å². The molecule has 0 saturated carbocycles. The third kappa shape index (κ3) is 3.30. The summed E-state index contributed by atoms with van der Waals surface area (Å²) in [7, 11) is 0. The van der Waals surface area contributed by atoms with Crippen molar-refractivity contribution in [2.24, 2.45) is 5.92 Å². The standard InChI is InChI=1S/C16H22N2/c1-3-8-17-11-13(2)10-14-5-4-6-15-12-18-9-7-16(14)15/h4-7,9,12-13,17H,3,8,10-11H2,1-2H3. The first kappa shape index (κ1) is 13.0. The van der Waals surface area contributed by atoms with E-state index >= 15 is 0 Å². The van der Waals surface area contributed by atoms with Gasteiger partial charge in [0.05, 0.1) is 0 Å². The molecule has 96 valence electrons. The van der Waals surface area contributed by atoms with E-state index in [4.69, 9.17) is 0 Å². The zero-order chi connectivity index (χ0) is 12.8. The fourth-order valence-electron chi connectivity index (χ4n) is 2.34. The van der Waals surface area contributed by atoms with Crippen molar-refractivity contribution in [1.82, 2.24) is 10.3 Å². The first-order chi connectivity index (χ1) is 8.81. The van der Waals surface area contributed by atoms with Crippen molar-refractivity contribution in [1.29, 1.82) is 0 Å². The van der Waals surface area contributed by atoms with Gasteiger partial charge in [-0.15, -0.1) is 0 Å². The molecule has 0 aliphatic heterocycles. The Morgan fingerprint density at radius 3 is 3.00 bits per heavy atom. The van der Waals surface area contributed by atoms with Crippen LogP contribution in [0.25, 0.3) is 10.8 Å². The molecule has 0 saturated heterocycles. The minimum atomic E-state index is 0.662. The zero-order valence-corrected chi connectivity index (χ0v) is 11.3. The lowest BCUT2D eigenvalue weighted by atomic mass is 9.97. The van der Waals surface area contributed by atoms with Crippen molar-refractivity contribution in [3.63, 3.8) is 0 Å². The van der Waals surface area contributed by atoms with Gasteiger partial charge in [0.1, 0.15) is 0 Å². The van der Waals surface area contributed by atoms with E-state index in [1.165, 1.54) is 22.8 Å². The fourth-order valence-corrected chi connectivity index (χ4v) is 2.34. The summed E-state index contributed by atoms with van der Waals surface area (Å²) >= 11 is 0. The van der Waals surface area contributed by atoms with E-state index in [1.54, 1.807) is 0 Å². The van der Waals surface area contributed by atoms with Crippen LogP contribution in [0.2, 0.25) is 0 Å². The average molecular weight is 242 g/mol. The van der Waals surface area contributed by atoms with Gasteiger partial charge in [0, 0.05) is 17.8 Å². The Bertz CT molecular complexity index is 488. The van der Waals surface area contributed by atoms with Crippen LogP contribution in [0.4, 0.5) is 0 Å². The molecule has 1 aromatic carbocycles. The number of benzene rings is 1. The van der Waals surface area contributed by atoms with Crippen LogP contribution in [-0.4, -0.2) is 18.1 Å².